The topological polar surface area (TPSA) is 56.1 Å². The number of nitrogens with one attached hydrogen (secondary N) is 1. The van der Waals surface area contributed by atoms with Gasteiger partial charge in [0.2, 0.25) is 5.91 Å². The molecular weight excluding hydrogens is 202 g/mol. The molecule has 90 valence electrons. The zero-order valence-corrected chi connectivity index (χ0v) is 10.3. The van der Waals surface area contributed by atoms with Crippen LogP contribution in [-0.4, -0.2) is 38.0 Å². The third-order valence-corrected chi connectivity index (χ3v) is 3.17. The number of carbonyl (C=O) groups is 1. The fraction of sp³-hybridized carbons (Fsp3) is 0.833. The summed E-state index contributed by atoms with van der Waals surface area (Å²) in [5.41, 5.74) is -0.724. The Labute approximate surface area is 97.6 Å². The lowest BCUT2D eigenvalue weighted by Gasteiger charge is -2.19. The second-order valence-electron chi connectivity index (χ2n) is 4.81. The predicted molar refractivity (Wildman–Crippen MR) is 62.7 cm³/mol. The van der Waals surface area contributed by atoms with Gasteiger partial charge in [0.25, 0.3) is 0 Å². The van der Waals surface area contributed by atoms with Crippen LogP contribution in [-0.2, 0) is 4.79 Å². The molecule has 1 N–H and O–H groups in total. The summed E-state index contributed by atoms with van der Waals surface area (Å²) in [7, 11) is 4.02. The van der Waals surface area contributed by atoms with Crippen LogP contribution in [0.25, 0.3) is 0 Å². The molecule has 4 heteroatoms. The summed E-state index contributed by atoms with van der Waals surface area (Å²) in [6, 6.07) is 2.20. The van der Waals surface area contributed by atoms with E-state index in [0.717, 1.165) is 38.6 Å². The van der Waals surface area contributed by atoms with Gasteiger partial charge in [-0.25, -0.2) is 0 Å². The molecule has 1 fully saturated rings. The average molecular weight is 223 g/mol. The first-order chi connectivity index (χ1) is 7.60. The second-order valence-corrected chi connectivity index (χ2v) is 4.81. The number of nitriles is 1. The number of carbonyl (C=O) groups excluding carboxylic acids is 1. The Balaban J connectivity index is 2.31. The van der Waals surface area contributed by atoms with E-state index in [2.05, 4.69) is 16.3 Å². The maximum absolute atomic E-state index is 11.9. The Bertz CT molecular complexity index is 274. The maximum Gasteiger partial charge on any atom is 0.240 e. The SMILES string of the molecule is CN(C)CCCNC(=O)C1(C#N)CCCC1. The lowest BCUT2D eigenvalue weighted by molar-refractivity contribution is -0.127. The maximum atomic E-state index is 11.9. The molecule has 0 aromatic rings. The quantitative estimate of drug-likeness (QED) is 0.711. The van der Waals surface area contributed by atoms with Gasteiger partial charge in [-0.2, -0.15) is 5.26 Å². The van der Waals surface area contributed by atoms with Crippen LogP contribution in [0.3, 0.4) is 0 Å². The van der Waals surface area contributed by atoms with Crippen molar-refractivity contribution in [2.75, 3.05) is 27.2 Å². The molecule has 0 heterocycles. The van der Waals surface area contributed by atoms with E-state index in [9.17, 15) is 4.79 Å². The molecular formula is C12H21N3O. The zero-order valence-electron chi connectivity index (χ0n) is 10.3. The molecule has 1 amide bonds. The predicted octanol–water partition coefficient (Wildman–Crippen LogP) is 1.14. The summed E-state index contributed by atoms with van der Waals surface area (Å²) in [6.07, 6.45) is 4.38. The highest BCUT2D eigenvalue weighted by atomic mass is 16.2. The first kappa shape index (κ1) is 13.0. The standard InChI is InChI=1S/C12H21N3O/c1-15(2)9-5-8-14-11(16)12(10-13)6-3-4-7-12/h3-9H2,1-2H3,(H,14,16). The van der Waals surface area contributed by atoms with Crippen molar-refractivity contribution in [1.82, 2.24) is 10.2 Å². The van der Waals surface area contributed by atoms with Gasteiger partial charge in [0.1, 0.15) is 5.41 Å². The Kier molecular flexibility index (Phi) is 4.75. The van der Waals surface area contributed by atoms with Crippen molar-refractivity contribution in [2.24, 2.45) is 5.41 Å². The summed E-state index contributed by atoms with van der Waals surface area (Å²) in [5, 5.41) is 12.0. The van der Waals surface area contributed by atoms with E-state index in [-0.39, 0.29) is 5.91 Å². The van der Waals surface area contributed by atoms with Gasteiger partial charge in [0.15, 0.2) is 0 Å². The van der Waals surface area contributed by atoms with Gasteiger partial charge in [-0.1, -0.05) is 12.8 Å². The fourth-order valence-corrected chi connectivity index (χ4v) is 2.13. The highest BCUT2D eigenvalue weighted by Gasteiger charge is 2.41. The molecule has 0 saturated heterocycles. The lowest BCUT2D eigenvalue weighted by Crippen LogP contribution is -2.39. The highest BCUT2D eigenvalue weighted by Crippen LogP contribution is 2.37. The molecule has 1 rings (SSSR count). The van der Waals surface area contributed by atoms with Crippen LogP contribution in [0.2, 0.25) is 0 Å². The van der Waals surface area contributed by atoms with Gasteiger partial charge in [-0.3, -0.25) is 4.79 Å². The average Bonchev–Trinajstić information content (AvgIpc) is 2.73. The smallest absolute Gasteiger partial charge is 0.240 e. The molecule has 0 atom stereocenters. The third kappa shape index (κ3) is 3.21. The summed E-state index contributed by atoms with van der Waals surface area (Å²) < 4.78 is 0. The van der Waals surface area contributed by atoms with Gasteiger partial charge in [0, 0.05) is 6.54 Å². The minimum Gasteiger partial charge on any atom is -0.355 e. The van der Waals surface area contributed by atoms with Crippen molar-refractivity contribution >= 4 is 5.91 Å². The molecule has 0 unspecified atom stereocenters. The molecule has 1 saturated carbocycles. The minimum atomic E-state index is -0.724. The van der Waals surface area contributed by atoms with E-state index in [0.29, 0.717) is 6.54 Å². The number of rotatable bonds is 5. The summed E-state index contributed by atoms with van der Waals surface area (Å²) in [6.45, 7) is 1.63. The second kappa shape index (κ2) is 5.86. The van der Waals surface area contributed by atoms with Gasteiger partial charge in [-0.05, 0) is 39.9 Å². The first-order valence-corrected chi connectivity index (χ1v) is 5.95. The molecule has 0 spiro atoms. The van der Waals surface area contributed by atoms with Crippen molar-refractivity contribution in [3.8, 4) is 6.07 Å². The van der Waals surface area contributed by atoms with E-state index < -0.39 is 5.41 Å². The number of hydrogen-bond acceptors (Lipinski definition) is 3. The summed E-state index contributed by atoms with van der Waals surface area (Å²) in [4.78, 5) is 14.0. The van der Waals surface area contributed by atoms with Gasteiger partial charge in [0.05, 0.1) is 6.07 Å². The van der Waals surface area contributed by atoms with Gasteiger partial charge in [-0.15, -0.1) is 0 Å². The Morgan fingerprint density at radius 2 is 2.06 bits per heavy atom. The largest absolute Gasteiger partial charge is 0.355 e. The number of nitrogens with zero attached hydrogens (tertiary/aromatic N) is 2. The van der Waals surface area contributed by atoms with Gasteiger partial charge >= 0.3 is 0 Å². The van der Waals surface area contributed by atoms with Gasteiger partial charge < -0.3 is 10.2 Å². The van der Waals surface area contributed by atoms with Crippen molar-refractivity contribution in [3.05, 3.63) is 0 Å². The van der Waals surface area contributed by atoms with Crippen LogP contribution in [0.1, 0.15) is 32.1 Å². The minimum absolute atomic E-state index is 0.0637. The van der Waals surface area contributed by atoms with Crippen LogP contribution in [0.4, 0.5) is 0 Å². The van der Waals surface area contributed by atoms with E-state index in [1.165, 1.54) is 0 Å². The first-order valence-electron chi connectivity index (χ1n) is 5.95. The van der Waals surface area contributed by atoms with Crippen LogP contribution in [0.15, 0.2) is 0 Å². The van der Waals surface area contributed by atoms with Crippen molar-refractivity contribution in [1.29, 1.82) is 5.26 Å². The van der Waals surface area contributed by atoms with E-state index in [1.807, 2.05) is 14.1 Å². The number of amides is 1. The molecule has 0 radical (unpaired) electrons. The molecule has 16 heavy (non-hydrogen) atoms. The molecule has 4 nitrogen and oxygen atoms in total. The van der Waals surface area contributed by atoms with Crippen LogP contribution >= 0.6 is 0 Å². The lowest BCUT2D eigenvalue weighted by atomic mass is 9.87. The monoisotopic (exact) mass is 223 g/mol. The zero-order chi connectivity index (χ0) is 12.0. The Morgan fingerprint density at radius 1 is 1.44 bits per heavy atom. The highest BCUT2D eigenvalue weighted by molar-refractivity contribution is 5.85. The van der Waals surface area contributed by atoms with E-state index in [4.69, 9.17) is 5.26 Å². The molecule has 0 bridgehead atoms. The van der Waals surface area contributed by atoms with E-state index >= 15 is 0 Å². The fourth-order valence-electron chi connectivity index (χ4n) is 2.13. The van der Waals surface area contributed by atoms with Crippen LogP contribution in [0.5, 0.6) is 0 Å². The normalized spacial score (nSPS) is 18.4. The summed E-state index contributed by atoms with van der Waals surface area (Å²) in [5.74, 6) is -0.0637. The van der Waals surface area contributed by atoms with E-state index in [1.54, 1.807) is 0 Å². The van der Waals surface area contributed by atoms with Crippen molar-refractivity contribution in [2.45, 2.75) is 32.1 Å². The van der Waals surface area contributed by atoms with Crippen LogP contribution < -0.4 is 5.32 Å². The van der Waals surface area contributed by atoms with Crippen molar-refractivity contribution in [3.63, 3.8) is 0 Å². The molecule has 0 aromatic carbocycles. The Morgan fingerprint density at radius 3 is 2.56 bits per heavy atom. The van der Waals surface area contributed by atoms with Crippen LogP contribution in [0, 0.1) is 16.7 Å². The molecule has 1 aliphatic carbocycles. The third-order valence-electron chi connectivity index (χ3n) is 3.17. The summed E-state index contributed by atoms with van der Waals surface area (Å²) >= 11 is 0. The van der Waals surface area contributed by atoms with Crippen molar-refractivity contribution < 1.29 is 4.79 Å². The molecule has 0 aliphatic heterocycles. The Hall–Kier alpha value is -1.08. The number of hydrogen-bond donors (Lipinski definition) is 1. The molecule has 1 aliphatic rings. The molecule has 0 aromatic heterocycles.